The molecule has 0 bridgehead atoms. The number of hydrogen-bond acceptors (Lipinski definition) is 5. The number of aromatic nitrogens is 2. The highest BCUT2D eigenvalue weighted by Gasteiger charge is 2.31. The normalized spacial score (nSPS) is 16.4. The molecule has 1 aliphatic heterocycles. The second-order valence-corrected chi connectivity index (χ2v) is 11.2. The van der Waals surface area contributed by atoms with Crippen LogP contribution in [0.2, 0.25) is 0 Å². The van der Waals surface area contributed by atoms with Gasteiger partial charge in [0.25, 0.3) is 0 Å². The van der Waals surface area contributed by atoms with Crippen LogP contribution >= 0.6 is 0 Å². The molecule has 2 atom stereocenters. The van der Waals surface area contributed by atoms with Crippen LogP contribution in [0.1, 0.15) is 44.9 Å². The Kier molecular flexibility index (Phi) is 6.30. The average molecular weight is 504 g/mol. The van der Waals surface area contributed by atoms with Crippen molar-refractivity contribution in [3.8, 4) is 11.5 Å². The predicted octanol–water partition coefficient (Wildman–Crippen LogP) is 6.25. The van der Waals surface area contributed by atoms with Crippen LogP contribution in [0.5, 0.6) is 11.5 Å². The second kappa shape index (κ2) is 9.43. The predicted molar refractivity (Wildman–Crippen MR) is 140 cm³/mol. The highest BCUT2D eigenvalue weighted by Crippen LogP contribution is 2.36. The van der Waals surface area contributed by atoms with E-state index >= 15 is 0 Å². The summed E-state index contributed by atoms with van der Waals surface area (Å²) >= 11 is 0. The minimum Gasteiger partial charge on any atom is -0.457 e. The number of benzene rings is 2. The first-order valence-electron chi connectivity index (χ1n) is 11.9. The lowest BCUT2D eigenvalue weighted by Gasteiger charge is -2.36. The van der Waals surface area contributed by atoms with Crippen LogP contribution in [0.15, 0.2) is 78.0 Å². The van der Waals surface area contributed by atoms with Crippen molar-refractivity contribution in [2.45, 2.75) is 50.7 Å². The number of hydrogen-bond donors (Lipinski definition) is 0. The number of carbonyl (C=O) groups excluding carboxylic acids is 1. The van der Waals surface area contributed by atoms with Gasteiger partial charge in [0, 0.05) is 18.9 Å². The van der Waals surface area contributed by atoms with Crippen LogP contribution in [0, 0.1) is 0 Å². The fraction of sp³-hybridized carbons (Fsp3) is 0.286. The van der Waals surface area contributed by atoms with Crippen LogP contribution in [0.4, 0.5) is 4.79 Å². The van der Waals surface area contributed by atoms with Gasteiger partial charge in [-0.1, -0.05) is 24.3 Å². The van der Waals surface area contributed by atoms with Gasteiger partial charge in [0.1, 0.15) is 17.1 Å². The quantitative estimate of drug-likeness (QED) is 0.329. The summed E-state index contributed by atoms with van der Waals surface area (Å²) in [7, 11) is -1.42. The molecule has 7 nitrogen and oxygen atoms in total. The van der Waals surface area contributed by atoms with E-state index in [1.54, 1.807) is 27.3 Å². The Morgan fingerprint density at radius 1 is 1.08 bits per heavy atom. The van der Waals surface area contributed by atoms with E-state index in [4.69, 9.17) is 9.47 Å². The number of carbonyl (C=O) groups is 1. The van der Waals surface area contributed by atoms with Gasteiger partial charge in [-0.15, -0.1) is 0 Å². The highest BCUT2D eigenvalue weighted by atomic mass is 32.2. The Morgan fingerprint density at radius 2 is 1.86 bits per heavy atom. The SMILES string of the molecule is CC1c2cc(Oc3ccnc4c3ccn4S(=O)c3ccccc3)ccc2CCN1C(=O)OC(C)(C)C. The lowest BCUT2D eigenvalue weighted by atomic mass is 9.93. The molecule has 0 spiro atoms. The summed E-state index contributed by atoms with van der Waals surface area (Å²) in [5, 5.41) is 0.767. The van der Waals surface area contributed by atoms with Crippen molar-refractivity contribution in [2.75, 3.05) is 6.54 Å². The van der Waals surface area contributed by atoms with Crippen molar-refractivity contribution in [2.24, 2.45) is 0 Å². The van der Waals surface area contributed by atoms with Gasteiger partial charge in [-0.2, -0.15) is 0 Å². The standard InChI is InChI=1S/C28H29N3O4S/c1-19-24-18-21(11-10-20(24)13-16-30(19)27(32)35-28(2,3)4)34-25-12-15-29-26-23(25)14-17-31(26)36(33)22-8-6-5-7-9-22/h5-12,14-15,17-19H,13,16H2,1-4H3. The van der Waals surface area contributed by atoms with Crippen LogP contribution in [0.3, 0.4) is 0 Å². The summed E-state index contributed by atoms with van der Waals surface area (Å²) in [6.45, 7) is 8.24. The van der Waals surface area contributed by atoms with Crippen molar-refractivity contribution in [1.82, 2.24) is 13.9 Å². The van der Waals surface area contributed by atoms with Crippen LogP contribution in [-0.4, -0.2) is 36.3 Å². The third kappa shape index (κ3) is 4.73. The number of fused-ring (bicyclic) bond motifs is 2. The fourth-order valence-corrected chi connectivity index (χ4v) is 5.51. The van der Waals surface area contributed by atoms with Gasteiger partial charge in [0.05, 0.1) is 16.3 Å². The Balaban J connectivity index is 1.42. The third-order valence-electron chi connectivity index (χ3n) is 6.15. The Hall–Kier alpha value is -3.65. The van der Waals surface area contributed by atoms with E-state index in [2.05, 4.69) is 11.1 Å². The van der Waals surface area contributed by atoms with Gasteiger partial charge in [0.2, 0.25) is 0 Å². The zero-order valence-electron chi connectivity index (χ0n) is 20.8. The molecule has 0 fully saturated rings. The molecular formula is C28H29N3O4S. The van der Waals surface area contributed by atoms with Gasteiger partial charge in [-0.25, -0.2) is 18.0 Å². The summed E-state index contributed by atoms with van der Waals surface area (Å²) in [5.74, 6) is 1.28. The number of ether oxygens (including phenoxy) is 2. The van der Waals surface area contributed by atoms with Gasteiger partial charge >= 0.3 is 6.09 Å². The fourth-order valence-electron chi connectivity index (χ4n) is 4.42. The molecule has 2 unspecified atom stereocenters. The molecule has 0 aliphatic carbocycles. The molecular weight excluding hydrogens is 474 g/mol. The van der Waals surface area contributed by atoms with E-state index in [1.807, 2.05) is 76.2 Å². The lowest BCUT2D eigenvalue weighted by Crippen LogP contribution is -2.42. The summed E-state index contributed by atoms with van der Waals surface area (Å²) < 4.78 is 26.7. The summed E-state index contributed by atoms with van der Waals surface area (Å²) in [5.41, 5.74) is 2.27. The first-order chi connectivity index (χ1) is 17.2. The van der Waals surface area contributed by atoms with Crippen LogP contribution in [-0.2, 0) is 22.1 Å². The van der Waals surface area contributed by atoms with E-state index in [0.717, 1.165) is 17.4 Å². The lowest BCUT2D eigenvalue weighted by molar-refractivity contribution is 0.0159. The van der Waals surface area contributed by atoms with Crippen LogP contribution in [0.25, 0.3) is 11.0 Å². The highest BCUT2D eigenvalue weighted by molar-refractivity contribution is 7.83. The van der Waals surface area contributed by atoms with Crippen molar-refractivity contribution in [1.29, 1.82) is 0 Å². The zero-order valence-corrected chi connectivity index (χ0v) is 21.6. The Labute approximate surface area is 213 Å². The molecule has 36 heavy (non-hydrogen) atoms. The Morgan fingerprint density at radius 3 is 2.61 bits per heavy atom. The summed E-state index contributed by atoms with van der Waals surface area (Å²) in [4.78, 5) is 19.7. The molecule has 8 heteroatoms. The molecule has 0 radical (unpaired) electrons. The van der Waals surface area contributed by atoms with Gasteiger partial charge in [-0.05, 0) is 81.6 Å². The van der Waals surface area contributed by atoms with Crippen molar-refractivity contribution >= 4 is 28.1 Å². The number of pyridine rings is 1. The van der Waals surface area contributed by atoms with Crippen LogP contribution < -0.4 is 4.74 Å². The topological polar surface area (TPSA) is 73.7 Å². The molecule has 3 heterocycles. The zero-order chi connectivity index (χ0) is 25.4. The first kappa shape index (κ1) is 24.1. The molecule has 0 saturated heterocycles. The largest absolute Gasteiger partial charge is 0.457 e. The number of amides is 1. The summed E-state index contributed by atoms with van der Waals surface area (Å²) in [6, 6.07) is 18.8. The minimum absolute atomic E-state index is 0.140. The molecule has 186 valence electrons. The number of nitrogens with zero attached hydrogens (tertiary/aromatic N) is 3. The molecule has 1 aliphatic rings. The molecule has 0 saturated carbocycles. The van der Waals surface area contributed by atoms with Gasteiger partial charge in [0.15, 0.2) is 16.6 Å². The van der Waals surface area contributed by atoms with Gasteiger partial charge < -0.3 is 14.4 Å². The molecule has 2 aromatic heterocycles. The van der Waals surface area contributed by atoms with Crippen molar-refractivity contribution in [3.63, 3.8) is 0 Å². The smallest absolute Gasteiger partial charge is 0.410 e. The van der Waals surface area contributed by atoms with Crippen molar-refractivity contribution in [3.05, 3.63) is 84.2 Å². The van der Waals surface area contributed by atoms with E-state index in [0.29, 0.717) is 28.6 Å². The molecule has 2 aromatic carbocycles. The minimum atomic E-state index is -1.42. The average Bonchev–Trinajstić information content (AvgIpc) is 3.29. The molecule has 5 rings (SSSR count). The van der Waals surface area contributed by atoms with E-state index < -0.39 is 16.6 Å². The maximum Gasteiger partial charge on any atom is 0.410 e. The molecule has 0 N–H and O–H groups in total. The number of rotatable bonds is 4. The van der Waals surface area contributed by atoms with Gasteiger partial charge in [-0.3, -0.25) is 0 Å². The first-order valence-corrected chi connectivity index (χ1v) is 13.1. The summed E-state index contributed by atoms with van der Waals surface area (Å²) in [6.07, 6.45) is 3.87. The molecule has 1 amide bonds. The molecule has 4 aromatic rings. The Bertz CT molecular complexity index is 1440. The maximum absolute atomic E-state index is 13.1. The monoisotopic (exact) mass is 503 g/mol. The maximum atomic E-state index is 13.1. The van der Waals surface area contributed by atoms with E-state index in [9.17, 15) is 9.00 Å². The van der Waals surface area contributed by atoms with Crippen molar-refractivity contribution < 1.29 is 18.5 Å². The third-order valence-corrected chi connectivity index (χ3v) is 7.48. The van der Waals surface area contributed by atoms with E-state index in [-0.39, 0.29) is 12.1 Å². The second-order valence-electron chi connectivity index (χ2n) is 9.81. The van der Waals surface area contributed by atoms with E-state index in [1.165, 1.54) is 5.56 Å².